The predicted octanol–water partition coefficient (Wildman–Crippen LogP) is 2.33. The van der Waals surface area contributed by atoms with E-state index in [1.54, 1.807) is 6.26 Å². The van der Waals surface area contributed by atoms with Crippen LogP contribution in [0.15, 0.2) is 10.7 Å². The third kappa shape index (κ3) is 2.38. The van der Waals surface area contributed by atoms with Gasteiger partial charge in [0.2, 0.25) is 0 Å². The molecule has 0 unspecified atom stereocenters. The number of anilines is 1. The summed E-state index contributed by atoms with van der Waals surface area (Å²) in [5.74, 6) is 0. The minimum atomic E-state index is -0.0499. The van der Waals surface area contributed by atoms with Gasteiger partial charge in [-0.2, -0.15) is 4.98 Å². The molecule has 1 fully saturated rings. The van der Waals surface area contributed by atoms with Gasteiger partial charge < -0.3 is 14.4 Å². The Morgan fingerprint density at radius 3 is 2.75 bits per heavy atom. The summed E-state index contributed by atoms with van der Waals surface area (Å²) >= 11 is 0. The van der Waals surface area contributed by atoms with Crippen molar-refractivity contribution in [3.05, 3.63) is 12.0 Å². The fourth-order valence-electron chi connectivity index (χ4n) is 2.44. The second-order valence-electron chi connectivity index (χ2n) is 4.36. The molecule has 1 aliphatic carbocycles. The summed E-state index contributed by atoms with van der Waals surface area (Å²) in [6.45, 7) is 2.99. The molecule has 2 rings (SSSR count). The lowest BCUT2D eigenvalue weighted by molar-refractivity contribution is 0.276. The second kappa shape index (κ2) is 5.34. The van der Waals surface area contributed by atoms with E-state index in [9.17, 15) is 0 Å². The Balaban J connectivity index is 2.08. The van der Waals surface area contributed by atoms with Gasteiger partial charge in [-0.25, -0.2) is 0 Å². The highest BCUT2D eigenvalue weighted by Gasteiger charge is 2.23. The summed E-state index contributed by atoms with van der Waals surface area (Å²) in [6.07, 6.45) is 7.95. The van der Waals surface area contributed by atoms with Gasteiger partial charge in [0.05, 0.1) is 6.61 Å². The number of nitrogens with zero attached hydrogens (tertiary/aromatic N) is 2. The lowest BCUT2D eigenvalue weighted by Crippen LogP contribution is -2.36. The number of aliphatic hydroxyl groups excluding tert-OH is 1. The van der Waals surface area contributed by atoms with Crippen molar-refractivity contribution in [2.75, 3.05) is 11.4 Å². The molecule has 4 nitrogen and oxygen atoms in total. The van der Waals surface area contributed by atoms with E-state index in [-0.39, 0.29) is 6.61 Å². The monoisotopic (exact) mass is 224 g/mol. The number of oxazole rings is 1. The van der Waals surface area contributed by atoms with Gasteiger partial charge in [-0.3, -0.25) is 0 Å². The zero-order chi connectivity index (χ0) is 11.4. The highest BCUT2D eigenvalue weighted by atomic mass is 16.4. The summed E-state index contributed by atoms with van der Waals surface area (Å²) in [4.78, 5) is 6.50. The average molecular weight is 224 g/mol. The molecule has 0 amide bonds. The first-order valence-corrected chi connectivity index (χ1v) is 6.17. The fraction of sp³-hybridized carbons (Fsp3) is 0.750. The van der Waals surface area contributed by atoms with Crippen molar-refractivity contribution >= 4 is 6.01 Å². The Kier molecular flexibility index (Phi) is 3.83. The van der Waals surface area contributed by atoms with E-state index in [4.69, 9.17) is 9.52 Å². The Labute approximate surface area is 96.3 Å². The molecule has 4 heteroatoms. The van der Waals surface area contributed by atoms with Crippen molar-refractivity contribution in [1.29, 1.82) is 0 Å². The summed E-state index contributed by atoms with van der Waals surface area (Å²) in [5, 5.41) is 8.97. The van der Waals surface area contributed by atoms with E-state index in [1.807, 2.05) is 0 Å². The Hall–Kier alpha value is -1.03. The standard InChI is InChI=1S/C12H20N2O2/c1-2-14(11-6-4-3-5-7-11)12-13-10(8-15)9-16-12/h9,11,15H,2-8H2,1H3. The van der Waals surface area contributed by atoms with Crippen LogP contribution in [0, 0.1) is 0 Å². The van der Waals surface area contributed by atoms with Gasteiger partial charge in [-0.15, -0.1) is 0 Å². The summed E-state index contributed by atoms with van der Waals surface area (Å²) < 4.78 is 5.42. The predicted molar refractivity (Wildman–Crippen MR) is 62.3 cm³/mol. The smallest absolute Gasteiger partial charge is 0.297 e. The van der Waals surface area contributed by atoms with Crippen LogP contribution in [0.25, 0.3) is 0 Å². The van der Waals surface area contributed by atoms with E-state index in [0.29, 0.717) is 17.8 Å². The molecule has 0 aliphatic heterocycles. The van der Waals surface area contributed by atoms with Gasteiger partial charge in [0.1, 0.15) is 12.0 Å². The molecule has 0 spiro atoms. The van der Waals surface area contributed by atoms with Gasteiger partial charge in [0, 0.05) is 12.6 Å². The maximum absolute atomic E-state index is 8.97. The number of rotatable bonds is 4. The van der Waals surface area contributed by atoms with Crippen LogP contribution in [0.2, 0.25) is 0 Å². The van der Waals surface area contributed by atoms with E-state index in [1.165, 1.54) is 32.1 Å². The third-order valence-corrected chi connectivity index (χ3v) is 3.30. The van der Waals surface area contributed by atoms with Crippen LogP contribution in [0.1, 0.15) is 44.7 Å². The van der Waals surface area contributed by atoms with Crippen LogP contribution in [-0.4, -0.2) is 22.7 Å². The minimum Gasteiger partial charge on any atom is -0.432 e. The first-order valence-electron chi connectivity index (χ1n) is 6.17. The molecular weight excluding hydrogens is 204 g/mol. The molecule has 16 heavy (non-hydrogen) atoms. The fourth-order valence-corrected chi connectivity index (χ4v) is 2.44. The summed E-state index contributed by atoms with van der Waals surface area (Å²) in [5.41, 5.74) is 0.615. The van der Waals surface area contributed by atoms with Crippen molar-refractivity contribution in [3.63, 3.8) is 0 Å². The molecule has 0 aromatic carbocycles. The maximum Gasteiger partial charge on any atom is 0.297 e. The molecule has 0 atom stereocenters. The van der Waals surface area contributed by atoms with Crippen molar-refractivity contribution in [3.8, 4) is 0 Å². The van der Waals surface area contributed by atoms with Crippen molar-refractivity contribution < 1.29 is 9.52 Å². The van der Waals surface area contributed by atoms with E-state index in [2.05, 4.69) is 16.8 Å². The van der Waals surface area contributed by atoms with E-state index in [0.717, 1.165) is 6.54 Å². The van der Waals surface area contributed by atoms with Crippen LogP contribution >= 0.6 is 0 Å². The zero-order valence-electron chi connectivity index (χ0n) is 9.85. The number of aliphatic hydroxyl groups is 1. The number of aromatic nitrogens is 1. The van der Waals surface area contributed by atoms with Gasteiger partial charge >= 0.3 is 0 Å². The average Bonchev–Trinajstić information content (AvgIpc) is 2.80. The Morgan fingerprint density at radius 2 is 2.19 bits per heavy atom. The molecule has 0 saturated heterocycles. The van der Waals surface area contributed by atoms with Gasteiger partial charge in [0.25, 0.3) is 6.01 Å². The van der Waals surface area contributed by atoms with Crippen molar-refractivity contribution in [1.82, 2.24) is 4.98 Å². The minimum absolute atomic E-state index is 0.0499. The molecule has 0 radical (unpaired) electrons. The normalized spacial score (nSPS) is 17.6. The summed E-state index contributed by atoms with van der Waals surface area (Å²) in [6, 6.07) is 1.22. The zero-order valence-corrected chi connectivity index (χ0v) is 9.85. The van der Waals surface area contributed by atoms with E-state index >= 15 is 0 Å². The van der Waals surface area contributed by atoms with Crippen LogP contribution in [0.3, 0.4) is 0 Å². The molecule has 0 bridgehead atoms. The first kappa shape index (κ1) is 11.5. The largest absolute Gasteiger partial charge is 0.432 e. The van der Waals surface area contributed by atoms with Gasteiger partial charge in [0.15, 0.2) is 0 Å². The SMILES string of the molecule is CCN(c1nc(CO)co1)C1CCCCC1. The van der Waals surface area contributed by atoms with Crippen LogP contribution in [-0.2, 0) is 6.61 Å². The third-order valence-electron chi connectivity index (χ3n) is 3.30. The molecule has 1 heterocycles. The molecule has 1 aliphatic rings. The lowest BCUT2D eigenvalue weighted by atomic mass is 9.94. The van der Waals surface area contributed by atoms with Crippen LogP contribution in [0.4, 0.5) is 6.01 Å². The second-order valence-corrected chi connectivity index (χ2v) is 4.36. The highest BCUT2D eigenvalue weighted by Crippen LogP contribution is 2.26. The molecule has 1 aromatic heterocycles. The molecule has 1 N–H and O–H groups in total. The van der Waals surface area contributed by atoms with Crippen LogP contribution in [0.5, 0.6) is 0 Å². The molecule has 1 saturated carbocycles. The van der Waals surface area contributed by atoms with E-state index < -0.39 is 0 Å². The van der Waals surface area contributed by atoms with Gasteiger partial charge in [-0.1, -0.05) is 19.3 Å². The number of hydrogen-bond donors (Lipinski definition) is 1. The first-order chi connectivity index (χ1) is 7.85. The molecular formula is C12H20N2O2. The van der Waals surface area contributed by atoms with Crippen molar-refractivity contribution in [2.45, 2.75) is 51.7 Å². The highest BCUT2D eigenvalue weighted by molar-refractivity contribution is 5.28. The van der Waals surface area contributed by atoms with Crippen LogP contribution < -0.4 is 4.90 Å². The molecule has 90 valence electrons. The summed E-state index contributed by atoms with van der Waals surface area (Å²) in [7, 11) is 0. The van der Waals surface area contributed by atoms with Gasteiger partial charge in [-0.05, 0) is 19.8 Å². The quantitative estimate of drug-likeness (QED) is 0.852. The topological polar surface area (TPSA) is 49.5 Å². The Bertz CT molecular complexity index is 319. The van der Waals surface area contributed by atoms with Crippen molar-refractivity contribution in [2.24, 2.45) is 0 Å². The Morgan fingerprint density at radius 1 is 1.44 bits per heavy atom. The lowest BCUT2D eigenvalue weighted by Gasteiger charge is -2.32. The molecule has 1 aromatic rings. The maximum atomic E-state index is 8.97. The number of hydrogen-bond acceptors (Lipinski definition) is 4.